The molecule has 5 nitrogen and oxygen atoms in total. The van der Waals surface area contributed by atoms with Crippen molar-refractivity contribution in [2.45, 2.75) is 45.1 Å². The molecule has 0 radical (unpaired) electrons. The number of nitrogens with zero attached hydrogens (tertiary/aromatic N) is 2. The molecular formula is C21H25N3O2. The summed E-state index contributed by atoms with van der Waals surface area (Å²) < 4.78 is 5.49. The van der Waals surface area contributed by atoms with Crippen molar-refractivity contribution in [3.05, 3.63) is 42.2 Å². The van der Waals surface area contributed by atoms with E-state index in [9.17, 15) is 4.79 Å². The maximum atomic E-state index is 12.2. The molecule has 1 aliphatic heterocycles. The number of hydrogen-bond donors (Lipinski definition) is 1. The Morgan fingerprint density at radius 2 is 1.92 bits per heavy atom. The van der Waals surface area contributed by atoms with Crippen molar-refractivity contribution in [2.75, 3.05) is 13.1 Å². The van der Waals surface area contributed by atoms with Crippen LogP contribution in [0, 0.1) is 0 Å². The number of rotatable bonds is 1. The highest BCUT2D eigenvalue weighted by Crippen LogP contribution is 2.32. The fourth-order valence-electron chi connectivity index (χ4n) is 3.74. The number of pyridine rings is 1. The van der Waals surface area contributed by atoms with Gasteiger partial charge in [-0.05, 0) is 57.2 Å². The third kappa shape index (κ3) is 3.26. The minimum Gasteiger partial charge on any atom is -0.444 e. The minimum atomic E-state index is -0.441. The highest BCUT2D eigenvalue weighted by atomic mass is 16.6. The van der Waals surface area contributed by atoms with Gasteiger partial charge in [0.15, 0.2) is 0 Å². The van der Waals surface area contributed by atoms with Gasteiger partial charge in [0, 0.05) is 47.3 Å². The zero-order valence-corrected chi connectivity index (χ0v) is 15.6. The third-order valence-corrected chi connectivity index (χ3v) is 5.04. The summed E-state index contributed by atoms with van der Waals surface area (Å²) in [7, 11) is 0. The van der Waals surface area contributed by atoms with Gasteiger partial charge in [-0.1, -0.05) is 12.1 Å². The monoisotopic (exact) mass is 351 g/mol. The van der Waals surface area contributed by atoms with E-state index in [1.54, 1.807) is 0 Å². The van der Waals surface area contributed by atoms with Gasteiger partial charge >= 0.3 is 6.09 Å². The smallest absolute Gasteiger partial charge is 0.410 e. The van der Waals surface area contributed by atoms with Crippen LogP contribution in [0.1, 0.15) is 45.1 Å². The van der Waals surface area contributed by atoms with Crippen molar-refractivity contribution in [3.8, 4) is 0 Å². The second-order valence-electron chi connectivity index (χ2n) is 8.09. The van der Waals surface area contributed by atoms with E-state index in [1.165, 1.54) is 10.9 Å². The van der Waals surface area contributed by atoms with E-state index < -0.39 is 5.60 Å². The molecule has 26 heavy (non-hydrogen) atoms. The van der Waals surface area contributed by atoms with Crippen molar-refractivity contribution in [3.63, 3.8) is 0 Å². The van der Waals surface area contributed by atoms with Gasteiger partial charge in [0.25, 0.3) is 0 Å². The van der Waals surface area contributed by atoms with Crippen LogP contribution in [0.5, 0.6) is 0 Å². The molecule has 4 rings (SSSR count). The minimum absolute atomic E-state index is 0.200. The van der Waals surface area contributed by atoms with E-state index in [-0.39, 0.29) is 6.09 Å². The van der Waals surface area contributed by atoms with Gasteiger partial charge in [0.05, 0.1) is 0 Å². The molecule has 0 atom stereocenters. The van der Waals surface area contributed by atoms with Crippen molar-refractivity contribution in [2.24, 2.45) is 0 Å². The number of nitrogens with one attached hydrogen (secondary N) is 1. The fraction of sp³-hybridized carbons (Fsp3) is 0.429. The summed E-state index contributed by atoms with van der Waals surface area (Å²) in [4.78, 5) is 21.8. The number of aromatic amines is 1. The molecule has 0 bridgehead atoms. The number of likely N-dealkylation sites (tertiary alicyclic amines) is 1. The summed E-state index contributed by atoms with van der Waals surface area (Å²) in [5.74, 6) is 0.475. The zero-order chi connectivity index (χ0) is 18.3. The van der Waals surface area contributed by atoms with Crippen molar-refractivity contribution < 1.29 is 9.53 Å². The van der Waals surface area contributed by atoms with Crippen LogP contribution in [-0.2, 0) is 4.74 Å². The van der Waals surface area contributed by atoms with E-state index in [2.05, 4.69) is 28.2 Å². The van der Waals surface area contributed by atoms with Crippen LogP contribution in [0.4, 0.5) is 4.79 Å². The first-order chi connectivity index (χ1) is 12.4. The summed E-state index contributed by atoms with van der Waals surface area (Å²) in [6, 6.07) is 8.67. The number of benzene rings is 1. The maximum absolute atomic E-state index is 12.2. The standard InChI is InChI=1S/C21H25N3O2/c1-21(2,3)26-20(25)24-10-7-14(8-11-24)15-4-5-16-17-13-22-9-6-18(17)23-19(16)12-15/h4-6,9,12-14,23H,7-8,10-11H2,1-3H3. The van der Waals surface area contributed by atoms with Crippen molar-refractivity contribution >= 4 is 27.9 Å². The SMILES string of the molecule is CC(C)(C)OC(=O)N1CCC(c2ccc3c(c2)[nH]c2ccncc23)CC1. The molecule has 3 aromatic rings. The first-order valence-electron chi connectivity index (χ1n) is 9.24. The summed E-state index contributed by atoms with van der Waals surface area (Å²) in [6.07, 6.45) is 5.45. The molecule has 0 unspecified atom stereocenters. The molecule has 0 spiro atoms. The fourth-order valence-corrected chi connectivity index (χ4v) is 3.74. The molecule has 1 N–H and O–H groups in total. The molecule has 136 valence electrons. The summed E-state index contributed by atoms with van der Waals surface area (Å²) in [5.41, 5.74) is 3.16. The Labute approximate surface area is 153 Å². The average molecular weight is 351 g/mol. The summed E-state index contributed by atoms with van der Waals surface area (Å²) in [5, 5.41) is 2.37. The highest BCUT2D eigenvalue weighted by molar-refractivity contribution is 6.06. The van der Waals surface area contributed by atoms with E-state index in [4.69, 9.17) is 4.74 Å². The Hall–Kier alpha value is -2.56. The van der Waals surface area contributed by atoms with Crippen LogP contribution in [-0.4, -0.2) is 39.7 Å². The van der Waals surface area contributed by atoms with E-state index in [1.807, 2.05) is 44.1 Å². The summed E-state index contributed by atoms with van der Waals surface area (Å²) >= 11 is 0. The van der Waals surface area contributed by atoms with Crippen molar-refractivity contribution in [1.29, 1.82) is 0 Å². The van der Waals surface area contributed by atoms with Crippen LogP contribution in [0.15, 0.2) is 36.7 Å². The van der Waals surface area contributed by atoms with Crippen LogP contribution in [0.3, 0.4) is 0 Å². The lowest BCUT2D eigenvalue weighted by atomic mass is 9.89. The Morgan fingerprint density at radius 1 is 1.15 bits per heavy atom. The highest BCUT2D eigenvalue weighted by Gasteiger charge is 2.27. The molecule has 1 amide bonds. The normalized spacial score (nSPS) is 16.3. The first-order valence-corrected chi connectivity index (χ1v) is 9.24. The van der Waals surface area contributed by atoms with Gasteiger partial charge < -0.3 is 14.6 Å². The van der Waals surface area contributed by atoms with Gasteiger partial charge in [-0.15, -0.1) is 0 Å². The number of piperidine rings is 1. The second-order valence-corrected chi connectivity index (χ2v) is 8.09. The Balaban J connectivity index is 1.49. The maximum Gasteiger partial charge on any atom is 0.410 e. The van der Waals surface area contributed by atoms with Gasteiger partial charge in [-0.25, -0.2) is 4.79 Å². The Bertz CT molecular complexity index is 947. The lowest BCUT2D eigenvalue weighted by Gasteiger charge is -2.33. The third-order valence-electron chi connectivity index (χ3n) is 5.04. The topological polar surface area (TPSA) is 58.2 Å². The number of carbonyl (C=O) groups is 1. The lowest BCUT2D eigenvalue weighted by molar-refractivity contribution is 0.0205. The predicted molar refractivity (Wildman–Crippen MR) is 103 cm³/mol. The number of aromatic nitrogens is 2. The molecular weight excluding hydrogens is 326 g/mol. The van der Waals surface area contributed by atoms with Crippen molar-refractivity contribution in [1.82, 2.24) is 14.9 Å². The van der Waals surface area contributed by atoms with Gasteiger partial charge in [0.2, 0.25) is 0 Å². The van der Waals surface area contributed by atoms with E-state index in [0.29, 0.717) is 5.92 Å². The first kappa shape index (κ1) is 16.9. The number of fused-ring (bicyclic) bond motifs is 3. The molecule has 0 saturated carbocycles. The number of ether oxygens (including phenoxy) is 1. The number of hydrogen-bond acceptors (Lipinski definition) is 3. The molecule has 2 aromatic heterocycles. The molecule has 1 saturated heterocycles. The van der Waals surface area contributed by atoms with Gasteiger partial charge in [-0.3, -0.25) is 4.98 Å². The van der Waals surface area contributed by atoms with Crippen LogP contribution >= 0.6 is 0 Å². The largest absolute Gasteiger partial charge is 0.444 e. The number of H-pyrrole nitrogens is 1. The van der Waals surface area contributed by atoms with Crippen LogP contribution in [0.25, 0.3) is 21.8 Å². The molecule has 3 heterocycles. The molecule has 1 fully saturated rings. The quantitative estimate of drug-likeness (QED) is 0.683. The van der Waals surface area contributed by atoms with E-state index in [0.717, 1.165) is 42.4 Å². The molecule has 5 heteroatoms. The number of carbonyl (C=O) groups excluding carboxylic acids is 1. The number of amides is 1. The van der Waals surface area contributed by atoms with Gasteiger partial charge in [0.1, 0.15) is 5.60 Å². The molecule has 0 aliphatic carbocycles. The van der Waals surface area contributed by atoms with Crippen LogP contribution in [0.2, 0.25) is 0 Å². The van der Waals surface area contributed by atoms with Gasteiger partial charge in [-0.2, -0.15) is 0 Å². The predicted octanol–water partition coefficient (Wildman–Crippen LogP) is 4.83. The average Bonchev–Trinajstić information content (AvgIpc) is 2.98. The zero-order valence-electron chi connectivity index (χ0n) is 15.6. The van der Waals surface area contributed by atoms with E-state index >= 15 is 0 Å². The summed E-state index contributed by atoms with van der Waals surface area (Å²) in [6.45, 7) is 7.21. The lowest BCUT2D eigenvalue weighted by Crippen LogP contribution is -2.41. The van der Waals surface area contributed by atoms with Crippen LogP contribution < -0.4 is 0 Å². The second kappa shape index (κ2) is 6.31. The Kier molecular flexibility index (Phi) is 4.10. The Morgan fingerprint density at radius 3 is 2.65 bits per heavy atom. The molecule has 1 aromatic carbocycles. The molecule has 1 aliphatic rings.